The highest BCUT2D eigenvalue weighted by Crippen LogP contribution is 2.32. The van der Waals surface area contributed by atoms with Crippen LogP contribution in [-0.4, -0.2) is 48.6 Å². The molecule has 1 saturated heterocycles. The van der Waals surface area contributed by atoms with E-state index < -0.39 is 6.10 Å². The molecule has 1 saturated carbocycles. The largest absolute Gasteiger partial charge is 0.389 e. The highest BCUT2D eigenvalue weighted by molar-refractivity contribution is 4.90. The number of aliphatic hydroxyl groups is 1. The summed E-state index contributed by atoms with van der Waals surface area (Å²) in [6.07, 6.45) is 4.80. The van der Waals surface area contributed by atoms with Crippen LogP contribution in [0.4, 0.5) is 0 Å². The molecule has 0 aromatic heterocycles. The third-order valence-corrected chi connectivity index (χ3v) is 4.26. The molecule has 2 aliphatic rings. The molecule has 19 heavy (non-hydrogen) atoms. The van der Waals surface area contributed by atoms with Crippen LogP contribution in [0.5, 0.6) is 0 Å². The van der Waals surface area contributed by atoms with Gasteiger partial charge in [-0.2, -0.15) is 0 Å². The summed E-state index contributed by atoms with van der Waals surface area (Å²) < 4.78 is 5.89. The van der Waals surface area contributed by atoms with Gasteiger partial charge in [-0.05, 0) is 58.9 Å². The fourth-order valence-corrected chi connectivity index (χ4v) is 3.13. The predicted octanol–water partition coefficient (Wildman–Crippen LogP) is 1.28. The van der Waals surface area contributed by atoms with Crippen molar-refractivity contribution in [2.24, 2.45) is 5.92 Å². The fraction of sp³-hybridized carbons (Fsp3) is 1.00. The van der Waals surface area contributed by atoms with Crippen LogP contribution in [0.25, 0.3) is 0 Å². The molecule has 0 aromatic carbocycles. The average Bonchev–Trinajstić information content (AvgIpc) is 2.80. The summed E-state index contributed by atoms with van der Waals surface area (Å²) in [5.74, 6) is 0.868. The van der Waals surface area contributed by atoms with E-state index in [1.807, 2.05) is 0 Å². The molecular weight excluding hydrogens is 240 g/mol. The Kier molecular flexibility index (Phi) is 5.23. The molecule has 3 N–H and O–H groups in total. The lowest BCUT2D eigenvalue weighted by molar-refractivity contribution is -0.0331. The van der Waals surface area contributed by atoms with Gasteiger partial charge in [0.15, 0.2) is 0 Å². The molecule has 0 radical (unpaired) electrons. The summed E-state index contributed by atoms with van der Waals surface area (Å²) in [5, 5.41) is 16.8. The van der Waals surface area contributed by atoms with Crippen molar-refractivity contribution < 1.29 is 9.84 Å². The zero-order valence-corrected chi connectivity index (χ0v) is 12.6. The molecule has 1 heterocycles. The number of β-amino-alcohol motifs (C(OH)–C–C–N with tert-alkyl or cyclic N) is 1. The normalized spacial score (nSPS) is 33.2. The highest BCUT2D eigenvalue weighted by Gasteiger charge is 2.34. The first kappa shape index (κ1) is 15.2. The van der Waals surface area contributed by atoms with Crippen LogP contribution in [0.3, 0.4) is 0 Å². The minimum atomic E-state index is -0.409. The van der Waals surface area contributed by atoms with E-state index >= 15 is 0 Å². The third kappa shape index (κ3) is 5.03. The van der Waals surface area contributed by atoms with Crippen molar-refractivity contribution in [2.45, 2.75) is 70.2 Å². The van der Waals surface area contributed by atoms with E-state index in [-0.39, 0.29) is 5.54 Å². The van der Waals surface area contributed by atoms with E-state index in [0.29, 0.717) is 25.3 Å². The van der Waals surface area contributed by atoms with Gasteiger partial charge in [0.25, 0.3) is 0 Å². The molecule has 1 aliphatic heterocycles. The van der Waals surface area contributed by atoms with Crippen molar-refractivity contribution in [3.05, 3.63) is 0 Å². The number of rotatable bonds is 5. The monoisotopic (exact) mass is 270 g/mol. The van der Waals surface area contributed by atoms with Gasteiger partial charge in [-0.15, -0.1) is 0 Å². The number of fused-ring (bicyclic) bond motifs is 1. The zero-order chi connectivity index (χ0) is 13.9. The zero-order valence-electron chi connectivity index (χ0n) is 12.6. The van der Waals surface area contributed by atoms with Gasteiger partial charge in [-0.3, -0.25) is 0 Å². The molecule has 112 valence electrons. The Morgan fingerprint density at radius 1 is 1.32 bits per heavy atom. The molecule has 4 nitrogen and oxygen atoms in total. The van der Waals surface area contributed by atoms with Crippen LogP contribution in [0, 0.1) is 5.92 Å². The van der Waals surface area contributed by atoms with E-state index in [4.69, 9.17) is 4.74 Å². The standard InChI is InChI=1S/C15H30N2O2/c1-15(2,3)17-9-12(18)10-19-13-5-4-11-6-7-16-14(11)8-13/h11-14,16-18H,4-10H2,1-3H3. The number of hydrogen-bond donors (Lipinski definition) is 3. The summed E-state index contributed by atoms with van der Waals surface area (Å²) in [5.41, 5.74) is 0.0484. The molecule has 4 unspecified atom stereocenters. The Balaban J connectivity index is 1.62. The number of aliphatic hydroxyl groups excluding tert-OH is 1. The molecule has 1 aliphatic carbocycles. The third-order valence-electron chi connectivity index (χ3n) is 4.26. The SMILES string of the molecule is CC(C)(C)NCC(O)COC1CCC2CCNC2C1. The van der Waals surface area contributed by atoms with Crippen LogP contribution in [0.2, 0.25) is 0 Å². The van der Waals surface area contributed by atoms with Crippen molar-refractivity contribution >= 4 is 0 Å². The lowest BCUT2D eigenvalue weighted by Crippen LogP contribution is -2.43. The summed E-state index contributed by atoms with van der Waals surface area (Å²) in [6, 6.07) is 0.656. The summed E-state index contributed by atoms with van der Waals surface area (Å²) in [4.78, 5) is 0. The maximum absolute atomic E-state index is 9.93. The summed E-state index contributed by atoms with van der Waals surface area (Å²) in [6.45, 7) is 8.53. The van der Waals surface area contributed by atoms with Gasteiger partial charge in [0, 0.05) is 18.1 Å². The topological polar surface area (TPSA) is 53.5 Å². The smallest absolute Gasteiger partial charge is 0.0898 e. The first-order chi connectivity index (χ1) is 8.94. The number of ether oxygens (including phenoxy) is 1. The Bertz CT molecular complexity index is 278. The lowest BCUT2D eigenvalue weighted by Gasteiger charge is -2.32. The molecule has 4 atom stereocenters. The minimum Gasteiger partial charge on any atom is -0.389 e. The molecule has 0 bridgehead atoms. The van der Waals surface area contributed by atoms with Gasteiger partial charge in [-0.25, -0.2) is 0 Å². The number of nitrogens with one attached hydrogen (secondary N) is 2. The Morgan fingerprint density at radius 2 is 2.11 bits per heavy atom. The molecule has 0 amide bonds. The average molecular weight is 270 g/mol. The second-order valence-corrected chi connectivity index (χ2v) is 7.16. The van der Waals surface area contributed by atoms with E-state index in [2.05, 4.69) is 31.4 Å². The van der Waals surface area contributed by atoms with Gasteiger partial charge in [-0.1, -0.05) is 0 Å². The van der Waals surface area contributed by atoms with Crippen LogP contribution in [0.15, 0.2) is 0 Å². The Labute approximate surface area is 117 Å². The van der Waals surface area contributed by atoms with Crippen molar-refractivity contribution in [1.82, 2.24) is 10.6 Å². The Morgan fingerprint density at radius 3 is 2.84 bits per heavy atom. The van der Waals surface area contributed by atoms with Crippen LogP contribution in [-0.2, 0) is 4.74 Å². The van der Waals surface area contributed by atoms with Crippen LogP contribution >= 0.6 is 0 Å². The first-order valence-electron chi connectivity index (χ1n) is 7.72. The minimum absolute atomic E-state index is 0.0484. The first-order valence-corrected chi connectivity index (χ1v) is 7.72. The molecule has 4 heteroatoms. The van der Waals surface area contributed by atoms with E-state index in [9.17, 15) is 5.11 Å². The summed E-state index contributed by atoms with van der Waals surface area (Å²) in [7, 11) is 0. The van der Waals surface area contributed by atoms with Gasteiger partial charge >= 0.3 is 0 Å². The van der Waals surface area contributed by atoms with E-state index in [1.54, 1.807) is 0 Å². The molecule has 0 aromatic rings. The summed E-state index contributed by atoms with van der Waals surface area (Å²) >= 11 is 0. The van der Waals surface area contributed by atoms with E-state index in [1.165, 1.54) is 19.4 Å². The van der Waals surface area contributed by atoms with Crippen LogP contribution < -0.4 is 10.6 Å². The van der Waals surface area contributed by atoms with Crippen molar-refractivity contribution in [3.63, 3.8) is 0 Å². The van der Waals surface area contributed by atoms with Gasteiger partial charge in [0.1, 0.15) is 0 Å². The van der Waals surface area contributed by atoms with Crippen molar-refractivity contribution in [1.29, 1.82) is 0 Å². The van der Waals surface area contributed by atoms with Gasteiger partial charge < -0.3 is 20.5 Å². The second kappa shape index (κ2) is 6.53. The highest BCUT2D eigenvalue weighted by atomic mass is 16.5. The fourth-order valence-electron chi connectivity index (χ4n) is 3.13. The quantitative estimate of drug-likeness (QED) is 0.704. The Hall–Kier alpha value is -0.160. The van der Waals surface area contributed by atoms with E-state index in [0.717, 1.165) is 18.8 Å². The van der Waals surface area contributed by atoms with Crippen molar-refractivity contribution in [3.8, 4) is 0 Å². The molecular formula is C15H30N2O2. The molecule has 0 spiro atoms. The van der Waals surface area contributed by atoms with Gasteiger partial charge in [0.05, 0.1) is 18.8 Å². The lowest BCUT2D eigenvalue weighted by atomic mass is 9.84. The van der Waals surface area contributed by atoms with Crippen LogP contribution in [0.1, 0.15) is 46.5 Å². The maximum Gasteiger partial charge on any atom is 0.0898 e. The second-order valence-electron chi connectivity index (χ2n) is 7.16. The van der Waals surface area contributed by atoms with Crippen molar-refractivity contribution in [2.75, 3.05) is 19.7 Å². The number of hydrogen-bond acceptors (Lipinski definition) is 4. The maximum atomic E-state index is 9.93. The molecule has 2 fully saturated rings. The van der Waals surface area contributed by atoms with Gasteiger partial charge in [0.2, 0.25) is 0 Å². The predicted molar refractivity (Wildman–Crippen MR) is 77.3 cm³/mol. The molecule has 2 rings (SSSR count).